The van der Waals surface area contributed by atoms with Gasteiger partial charge in [-0.05, 0) is 30.5 Å². The van der Waals surface area contributed by atoms with Crippen LogP contribution in [0.2, 0.25) is 0 Å². The third-order valence-corrected chi connectivity index (χ3v) is 4.33. The summed E-state index contributed by atoms with van der Waals surface area (Å²) in [7, 11) is -3.47. The Morgan fingerprint density at radius 3 is 2.43 bits per heavy atom. The van der Waals surface area contributed by atoms with Crippen LogP contribution in [0.15, 0.2) is 24.3 Å². The summed E-state index contributed by atoms with van der Waals surface area (Å²) < 4.78 is 22.1. The maximum absolute atomic E-state index is 11.0. The number of nitrogens with two attached hydrogens (primary N) is 1. The number of piperidine rings is 1. The Morgan fingerprint density at radius 1 is 1.29 bits per heavy atom. The monoisotopic (exact) mass is 307 g/mol. The second-order valence-electron chi connectivity index (χ2n) is 5.40. The van der Waals surface area contributed by atoms with E-state index in [0.717, 1.165) is 38.2 Å². The van der Waals surface area contributed by atoms with Crippen LogP contribution in [-0.2, 0) is 15.8 Å². The zero-order valence-corrected chi connectivity index (χ0v) is 12.8. The number of terminal acetylenes is 1. The Hall–Kier alpha value is -1.55. The average molecular weight is 307 g/mol. The summed E-state index contributed by atoms with van der Waals surface area (Å²) in [6.07, 6.45) is 7.43. The van der Waals surface area contributed by atoms with Gasteiger partial charge in [0, 0.05) is 24.8 Å². The summed E-state index contributed by atoms with van der Waals surface area (Å²) in [5, 5.41) is 8.51. The molecular weight excluding hydrogens is 286 g/mol. The van der Waals surface area contributed by atoms with Gasteiger partial charge in [-0.2, -0.15) is 0 Å². The van der Waals surface area contributed by atoms with Crippen LogP contribution in [0.25, 0.3) is 0 Å². The number of primary sulfonamides is 1. The summed E-state index contributed by atoms with van der Waals surface area (Å²) in [6, 6.07) is 7.81. The normalized spacial score (nSPS) is 17.3. The average Bonchev–Trinajstić information content (AvgIpc) is 2.42. The van der Waals surface area contributed by atoms with Crippen molar-refractivity contribution in [3.05, 3.63) is 29.8 Å². The van der Waals surface area contributed by atoms with Crippen LogP contribution in [0.1, 0.15) is 18.4 Å². The molecule has 0 atom stereocenters. The van der Waals surface area contributed by atoms with Crippen LogP contribution in [-0.4, -0.2) is 39.0 Å². The van der Waals surface area contributed by atoms with Gasteiger partial charge in [0.05, 0.1) is 12.3 Å². The SMILES string of the molecule is C#CCN1CCC(Nc2ccc(CS(N)(=O)=O)cc2)CC1. The summed E-state index contributed by atoms with van der Waals surface area (Å²) in [5.41, 5.74) is 1.70. The van der Waals surface area contributed by atoms with Gasteiger partial charge in [-0.1, -0.05) is 18.1 Å². The third-order valence-electron chi connectivity index (χ3n) is 3.60. The molecule has 0 aliphatic carbocycles. The van der Waals surface area contributed by atoms with E-state index in [1.807, 2.05) is 12.1 Å². The number of nitrogens with zero attached hydrogens (tertiary/aromatic N) is 1. The molecule has 1 heterocycles. The first-order valence-electron chi connectivity index (χ1n) is 6.98. The largest absolute Gasteiger partial charge is 0.382 e. The smallest absolute Gasteiger partial charge is 0.213 e. The van der Waals surface area contributed by atoms with E-state index in [-0.39, 0.29) is 5.75 Å². The van der Waals surface area contributed by atoms with Gasteiger partial charge in [0.25, 0.3) is 0 Å². The number of benzene rings is 1. The Morgan fingerprint density at radius 2 is 1.90 bits per heavy atom. The predicted octanol–water partition coefficient (Wildman–Crippen LogP) is 0.985. The van der Waals surface area contributed by atoms with Crippen molar-refractivity contribution in [1.29, 1.82) is 0 Å². The van der Waals surface area contributed by atoms with E-state index in [1.54, 1.807) is 12.1 Å². The fraction of sp³-hybridized carbons (Fsp3) is 0.467. The molecule has 0 saturated carbocycles. The quantitative estimate of drug-likeness (QED) is 0.795. The van der Waals surface area contributed by atoms with Crippen molar-refractivity contribution in [3.8, 4) is 12.3 Å². The van der Waals surface area contributed by atoms with Crippen molar-refractivity contribution in [1.82, 2.24) is 4.90 Å². The number of anilines is 1. The number of sulfonamides is 1. The summed E-state index contributed by atoms with van der Waals surface area (Å²) >= 11 is 0. The molecule has 0 bridgehead atoms. The molecule has 21 heavy (non-hydrogen) atoms. The number of rotatable bonds is 5. The van der Waals surface area contributed by atoms with Crippen LogP contribution in [0.5, 0.6) is 0 Å². The second-order valence-corrected chi connectivity index (χ2v) is 7.02. The summed E-state index contributed by atoms with van der Waals surface area (Å²) in [6.45, 7) is 2.73. The predicted molar refractivity (Wildman–Crippen MR) is 85.2 cm³/mol. The topological polar surface area (TPSA) is 75.4 Å². The lowest BCUT2D eigenvalue weighted by Gasteiger charge is -2.31. The molecule has 2 rings (SSSR count). The van der Waals surface area contributed by atoms with Gasteiger partial charge >= 0.3 is 0 Å². The first-order valence-corrected chi connectivity index (χ1v) is 8.69. The highest BCUT2D eigenvalue weighted by atomic mass is 32.2. The molecule has 0 spiro atoms. The van der Waals surface area contributed by atoms with E-state index in [4.69, 9.17) is 11.6 Å². The van der Waals surface area contributed by atoms with Gasteiger partial charge in [-0.3, -0.25) is 4.90 Å². The fourth-order valence-corrected chi connectivity index (χ4v) is 3.19. The molecule has 0 unspecified atom stereocenters. The third kappa shape index (κ3) is 5.38. The molecule has 1 fully saturated rings. The summed E-state index contributed by atoms with van der Waals surface area (Å²) in [4.78, 5) is 2.27. The molecule has 6 heteroatoms. The molecule has 0 aromatic heterocycles. The van der Waals surface area contributed by atoms with E-state index in [2.05, 4.69) is 16.1 Å². The van der Waals surface area contributed by atoms with Gasteiger partial charge in [0.15, 0.2) is 0 Å². The van der Waals surface area contributed by atoms with Crippen molar-refractivity contribution in [2.24, 2.45) is 5.14 Å². The minimum absolute atomic E-state index is 0.127. The Bertz CT molecular complexity index is 597. The summed E-state index contributed by atoms with van der Waals surface area (Å²) in [5.74, 6) is 2.55. The van der Waals surface area contributed by atoms with Crippen LogP contribution in [0.4, 0.5) is 5.69 Å². The van der Waals surface area contributed by atoms with Crippen LogP contribution in [0, 0.1) is 12.3 Å². The fourth-order valence-electron chi connectivity index (χ4n) is 2.53. The van der Waals surface area contributed by atoms with Crippen molar-refractivity contribution >= 4 is 15.7 Å². The van der Waals surface area contributed by atoms with Gasteiger partial charge < -0.3 is 5.32 Å². The maximum Gasteiger partial charge on any atom is 0.213 e. The number of hydrogen-bond acceptors (Lipinski definition) is 4. The van der Waals surface area contributed by atoms with Gasteiger partial charge in [0.2, 0.25) is 10.0 Å². The molecule has 0 radical (unpaired) electrons. The van der Waals surface area contributed by atoms with E-state index >= 15 is 0 Å². The zero-order chi connectivity index (χ0) is 15.3. The lowest BCUT2D eigenvalue weighted by Crippen LogP contribution is -2.39. The standard InChI is InChI=1S/C15H21N3O2S/c1-2-9-18-10-7-15(8-11-18)17-14-5-3-13(4-6-14)12-21(16,19)20/h1,3-6,15,17H,7-12H2,(H2,16,19,20). The molecular formula is C15H21N3O2S. The van der Waals surface area contributed by atoms with Crippen LogP contribution >= 0.6 is 0 Å². The number of nitrogens with one attached hydrogen (secondary N) is 1. The van der Waals surface area contributed by atoms with E-state index in [1.165, 1.54) is 0 Å². The number of likely N-dealkylation sites (tertiary alicyclic amines) is 1. The maximum atomic E-state index is 11.0. The molecule has 1 aliphatic heterocycles. The minimum Gasteiger partial charge on any atom is -0.382 e. The second kappa shape index (κ2) is 6.94. The molecule has 114 valence electrons. The lowest BCUT2D eigenvalue weighted by molar-refractivity contribution is 0.243. The lowest BCUT2D eigenvalue weighted by atomic mass is 10.0. The van der Waals surface area contributed by atoms with Crippen molar-refractivity contribution in [3.63, 3.8) is 0 Å². The molecule has 0 amide bonds. The van der Waals surface area contributed by atoms with Crippen LogP contribution in [0.3, 0.4) is 0 Å². The first-order chi connectivity index (χ1) is 9.96. The van der Waals surface area contributed by atoms with E-state index in [9.17, 15) is 8.42 Å². The van der Waals surface area contributed by atoms with E-state index in [0.29, 0.717) is 11.6 Å². The van der Waals surface area contributed by atoms with Gasteiger partial charge in [-0.25, -0.2) is 13.6 Å². The minimum atomic E-state index is -3.47. The van der Waals surface area contributed by atoms with Crippen molar-refractivity contribution in [2.75, 3.05) is 25.0 Å². The highest BCUT2D eigenvalue weighted by Gasteiger charge is 2.18. The highest BCUT2D eigenvalue weighted by Crippen LogP contribution is 2.17. The molecule has 1 aromatic rings. The highest BCUT2D eigenvalue weighted by molar-refractivity contribution is 7.88. The van der Waals surface area contributed by atoms with Crippen molar-refractivity contribution < 1.29 is 8.42 Å². The Balaban J connectivity index is 1.86. The van der Waals surface area contributed by atoms with E-state index < -0.39 is 10.0 Å². The number of hydrogen-bond donors (Lipinski definition) is 2. The zero-order valence-electron chi connectivity index (χ0n) is 12.0. The molecule has 3 N–H and O–H groups in total. The van der Waals surface area contributed by atoms with Crippen LogP contribution < -0.4 is 10.5 Å². The Labute approximate surface area is 126 Å². The van der Waals surface area contributed by atoms with Crippen molar-refractivity contribution in [2.45, 2.75) is 24.6 Å². The molecule has 1 aliphatic rings. The van der Waals surface area contributed by atoms with Gasteiger partial charge in [-0.15, -0.1) is 6.42 Å². The first kappa shape index (κ1) is 15.8. The van der Waals surface area contributed by atoms with Gasteiger partial charge in [0.1, 0.15) is 0 Å². The Kier molecular flexibility index (Phi) is 5.23. The molecule has 1 saturated heterocycles. The molecule has 1 aromatic carbocycles. The molecule has 5 nitrogen and oxygen atoms in total.